The van der Waals surface area contributed by atoms with Crippen LogP contribution in [0.15, 0.2) is 61.1 Å². The molecule has 0 spiro atoms. The average Bonchev–Trinajstić information content (AvgIpc) is 3.27. The van der Waals surface area contributed by atoms with Crippen molar-refractivity contribution < 1.29 is 8.42 Å². The Hall–Kier alpha value is -3.70. The van der Waals surface area contributed by atoms with E-state index in [1.165, 1.54) is 0 Å². The Morgan fingerprint density at radius 3 is 2.30 bits per heavy atom. The smallest absolute Gasteiger partial charge is 0.235 e. The second kappa shape index (κ2) is 9.98. The lowest BCUT2D eigenvalue weighted by molar-refractivity contribution is 0.405. The lowest BCUT2D eigenvalue weighted by atomic mass is 10.1. The molecule has 0 amide bonds. The van der Waals surface area contributed by atoms with Gasteiger partial charge in [-0.3, -0.25) is 4.72 Å². The first kappa shape index (κ1) is 25.0. The van der Waals surface area contributed by atoms with Crippen molar-refractivity contribution in [2.75, 3.05) is 28.0 Å². The van der Waals surface area contributed by atoms with E-state index in [4.69, 9.17) is 4.98 Å². The van der Waals surface area contributed by atoms with Gasteiger partial charge in [0.1, 0.15) is 11.5 Å². The first-order valence-electron chi connectivity index (χ1n) is 12.4. The molecule has 0 aliphatic carbocycles. The number of sulfonamides is 1. The zero-order chi connectivity index (χ0) is 26.2. The molecule has 194 valence electrons. The number of rotatable bonds is 7. The van der Waals surface area contributed by atoms with Crippen molar-refractivity contribution in [3.63, 3.8) is 0 Å². The van der Waals surface area contributed by atoms with Crippen molar-refractivity contribution in [1.29, 1.82) is 0 Å². The zero-order valence-electron chi connectivity index (χ0n) is 21.4. The third-order valence-corrected chi connectivity index (χ3v) is 8.10. The minimum Gasteiger partial charge on any atom is -0.354 e. The van der Waals surface area contributed by atoms with Gasteiger partial charge < -0.3 is 20.1 Å². The van der Waals surface area contributed by atoms with Gasteiger partial charge in [-0.25, -0.2) is 18.4 Å². The van der Waals surface area contributed by atoms with E-state index in [1.807, 2.05) is 41.1 Å². The predicted octanol–water partition coefficient (Wildman–Crippen LogP) is 3.90. The Kier molecular flexibility index (Phi) is 6.74. The van der Waals surface area contributed by atoms with Crippen LogP contribution in [-0.4, -0.2) is 58.4 Å². The Balaban J connectivity index is 1.33. The normalized spacial score (nSPS) is 18.4. The van der Waals surface area contributed by atoms with Crippen molar-refractivity contribution in [2.24, 2.45) is 0 Å². The lowest BCUT2D eigenvalue weighted by Gasteiger charge is -2.36. The Morgan fingerprint density at radius 2 is 1.65 bits per heavy atom. The number of fused-ring (bicyclic) bond motifs is 1. The van der Waals surface area contributed by atoms with Crippen molar-refractivity contribution in [3.05, 3.63) is 61.1 Å². The highest BCUT2D eigenvalue weighted by Crippen LogP contribution is 2.23. The van der Waals surface area contributed by atoms with Crippen LogP contribution in [0.3, 0.4) is 0 Å². The summed E-state index contributed by atoms with van der Waals surface area (Å²) >= 11 is 0. The highest BCUT2D eigenvalue weighted by Gasteiger charge is 2.22. The first-order chi connectivity index (χ1) is 17.7. The van der Waals surface area contributed by atoms with E-state index < -0.39 is 15.3 Å². The maximum Gasteiger partial charge on any atom is 0.235 e. The molecule has 4 heterocycles. The second-order valence-corrected chi connectivity index (χ2v) is 12.0. The molecule has 0 saturated carbocycles. The summed E-state index contributed by atoms with van der Waals surface area (Å²) in [4.78, 5) is 16.1. The summed E-state index contributed by atoms with van der Waals surface area (Å²) in [6, 6.07) is 14.0. The molecule has 37 heavy (non-hydrogen) atoms. The summed E-state index contributed by atoms with van der Waals surface area (Å²) in [5, 5.41) is 7.18. The highest BCUT2D eigenvalue weighted by atomic mass is 32.2. The number of aromatic nitrogens is 4. The van der Waals surface area contributed by atoms with Crippen LogP contribution in [-0.2, 0) is 10.0 Å². The third kappa shape index (κ3) is 5.52. The van der Waals surface area contributed by atoms with E-state index in [1.54, 1.807) is 38.4 Å². The van der Waals surface area contributed by atoms with Gasteiger partial charge in [0, 0.05) is 54.3 Å². The van der Waals surface area contributed by atoms with Gasteiger partial charge in [-0.15, -0.1) is 0 Å². The summed E-state index contributed by atoms with van der Waals surface area (Å²) in [6.07, 6.45) is 5.50. The summed E-state index contributed by atoms with van der Waals surface area (Å²) in [5.74, 6) is 1.42. The molecule has 0 bridgehead atoms. The SMILES string of the molecule is CC(C)S(=O)(=O)Nc1ccc(-n2ccc3cnc(Nc4ccc(N5C[C@@H](C)N[C@@H](C)C5)nc4)nc32)cc1. The van der Waals surface area contributed by atoms with Crippen LogP contribution in [0.1, 0.15) is 27.7 Å². The van der Waals surface area contributed by atoms with Crippen LogP contribution in [0, 0.1) is 0 Å². The minimum atomic E-state index is -3.40. The number of hydrogen-bond acceptors (Lipinski definition) is 8. The topological polar surface area (TPSA) is 117 Å². The van der Waals surface area contributed by atoms with Gasteiger partial charge in [-0.1, -0.05) is 0 Å². The Labute approximate surface area is 217 Å². The average molecular weight is 521 g/mol. The maximum atomic E-state index is 12.2. The molecule has 1 aliphatic heterocycles. The van der Waals surface area contributed by atoms with Gasteiger partial charge in [-0.2, -0.15) is 4.98 Å². The van der Waals surface area contributed by atoms with Crippen LogP contribution in [0.5, 0.6) is 0 Å². The number of nitrogens with one attached hydrogen (secondary N) is 3. The molecular weight excluding hydrogens is 488 g/mol. The molecule has 5 rings (SSSR count). The summed E-state index contributed by atoms with van der Waals surface area (Å²) < 4.78 is 28.9. The Bertz CT molecular complexity index is 1470. The fraction of sp³-hybridized carbons (Fsp3) is 0.346. The molecule has 2 atom stereocenters. The summed E-state index contributed by atoms with van der Waals surface area (Å²) in [5.41, 5.74) is 2.92. The van der Waals surface area contributed by atoms with Crippen LogP contribution in [0.2, 0.25) is 0 Å². The van der Waals surface area contributed by atoms with Gasteiger partial charge in [0.25, 0.3) is 0 Å². The maximum absolute atomic E-state index is 12.2. The largest absolute Gasteiger partial charge is 0.354 e. The molecule has 10 nitrogen and oxygen atoms in total. The minimum absolute atomic E-state index is 0.417. The molecule has 0 unspecified atom stereocenters. The fourth-order valence-electron chi connectivity index (χ4n) is 4.45. The van der Waals surface area contributed by atoms with Crippen molar-refractivity contribution in [2.45, 2.75) is 45.0 Å². The fourth-order valence-corrected chi connectivity index (χ4v) is 5.15. The highest BCUT2D eigenvalue weighted by molar-refractivity contribution is 7.93. The standard InChI is InChI=1S/C26H32N8O2S/c1-17(2)37(35,36)32-21-5-8-23(9-6-21)34-12-11-20-13-28-26(31-25(20)34)30-22-7-10-24(27-14-22)33-15-18(3)29-19(4)16-33/h5-14,17-19,29,32H,15-16H2,1-4H3,(H,28,30,31)/t18-,19+. The monoisotopic (exact) mass is 520 g/mol. The molecular formula is C26H32N8O2S. The molecule has 1 saturated heterocycles. The first-order valence-corrected chi connectivity index (χ1v) is 13.9. The Morgan fingerprint density at radius 1 is 0.946 bits per heavy atom. The van der Waals surface area contributed by atoms with Gasteiger partial charge in [-0.05, 0) is 70.2 Å². The van der Waals surface area contributed by atoms with Crippen LogP contribution < -0.4 is 20.3 Å². The van der Waals surface area contributed by atoms with E-state index in [0.29, 0.717) is 23.7 Å². The van der Waals surface area contributed by atoms with Crippen LogP contribution in [0.4, 0.5) is 23.1 Å². The second-order valence-electron chi connectivity index (χ2n) is 9.80. The van der Waals surface area contributed by atoms with Crippen molar-refractivity contribution in [3.8, 4) is 5.69 Å². The summed E-state index contributed by atoms with van der Waals surface area (Å²) in [7, 11) is -3.40. The predicted molar refractivity (Wildman–Crippen MR) is 148 cm³/mol. The quantitative estimate of drug-likeness (QED) is 0.336. The van der Waals surface area contributed by atoms with E-state index in [-0.39, 0.29) is 0 Å². The van der Waals surface area contributed by atoms with E-state index in [9.17, 15) is 8.42 Å². The molecule has 11 heteroatoms. The van der Waals surface area contributed by atoms with Crippen molar-refractivity contribution >= 4 is 44.2 Å². The van der Waals surface area contributed by atoms with Gasteiger partial charge in [0.2, 0.25) is 16.0 Å². The molecule has 1 aromatic carbocycles. The number of anilines is 4. The molecule has 1 fully saturated rings. The zero-order valence-corrected chi connectivity index (χ0v) is 22.2. The molecule has 0 radical (unpaired) electrons. The third-order valence-electron chi connectivity index (χ3n) is 6.34. The number of piperazine rings is 1. The van der Waals surface area contributed by atoms with Crippen LogP contribution >= 0.6 is 0 Å². The van der Waals surface area contributed by atoms with Crippen LogP contribution in [0.25, 0.3) is 16.7 Å². The number of hydrogen-bond donors (Lipinski definition) is 3. The van der Waals surface area contributed by atoms with E-state index in [2.05, 4.69) is 44.1 Å². The van der Waals surface area contributed by atoms with Gasteiger partial charge in [0.05, 0.1) is 17.1 Å². The lowest BCUT2D eigenvalue weighted by Crippen LogP contribution is -2.54. The van der Waals surface area contributed by atoms with E-state index in [0.717, 1.165) is 41.3 Å². The number of nitrogens with zero attached hydrogens (tertiary/aromatic N) is 5. The molecule has 3 N–H and O–H groups in total. The van der Waals surface area contributed by atoms with E-state index >= 15 is 0 Å². The van der Waals surface area contributed by atoms with Gasteiger partial charge in [0.15, 0.2) is 0 Å². The van der Waals surface area contributed by atoms with Gasteiger partial charge >= 0.3 is 0 Å². The molecule has 4 aromatic rings. The summed E-state index contributed by atoms with van der Waals surface area (Å²) in [6.45, 7) is 9.50. The molecule has 1 aliphatic rings. The van der Waals surface area contributed by atoms with Crippen molar-refractivity contribution in [1.82, 2.24) is 24.8 Å². The number of pyridine rings is 1. The molecule has 3 aromatic heterocycles. The number of benzene rings is 1.